The van der Waals surface area contributed by atoms with Crippen molar-refractivity contribution in [1.29, 1.82) is 0 Å². The van der Waals surface area contributed by atoms with Crippen LogP contribution in [0.2, 0.25) is 0 Å². The van der Waals surface area contributed by atoms with E-state index in [-0.39, 0.29) is 17.1 Å². The van der Waals surface area contributed by atoms with Crippen LogP contribution in [0.15, 0.2) is 57.9 Å². The number of halogens is 2. The summed E-state index contributed by atoms with van der Waals surface area (Å²) in [6, 6.07) is 10.9. The summed E-state index contributed by atoms with van der Waals surface area (Å²) in [7, 11) is -3.88. The highest BCUT2D eigenvalue weighted by Crippen LogP contribution is 2.26. The predicted octanol–water partition coefficient (Wildman–Crippen LogP) is 3.31. The van der Waals surface area contributed by atoms with Crippen LogP contribution >= 0.6 is 15.9 Å². The molecule has 1 unspecified atom stereocenters. The van der Waals surface area contributed by atoms with Crippen LogP contribution in [0.3, 0.4) is 0 Å². The summed E-state index contributed by atoms with van der Waals surface area (Å²) in [6.45, 7) is -0.461. The highest BCUT2D eigenvalue weighted by Gasteiger charge is 2.38. The first-order chi connectivity index (χ1) is 14.3. The van der Waals surface area contributed by atoms with Crippen molar-refractivity contribution in [2.24, 2.45) is 0 Å². The van der Waals surface area contributed by atoms with E-state index in [9.17, 15) is 22.4 Å². The maximum absolute atomic E-state index is 13.8. The maximum atomic E-state index is 13.8. The van der Waals surface area contributed by atoms with Gasteiger partial charge in [0.2, 0.25) is 10.0 Å². The van der Waals surface area contributed by atoms with Crippen molar-refractivity contribution in [2.45, 2.75) is 30.2 Å². The molecule has 0 spiro atoms. The summed E-state index contributed by atoms with van der Waals surface area (Å²) in [5, 5.41) is 2.32. The molecule has 2 aromatic rings. The maximum Gasteiger partial charge on any atom is 0.324 e. The molecule has 1 fully saturated rings. The molecule has 10 heteroatoms. The van der Waals surface area contributed by atoms with Crippen molar-refractivity contribution in [3.05, 3.63) is 58.8 Å². The van der Waals surface area contributed by atoms with Gasteiger partial charge in [-0.25, -0.2) is 12.8 Å². The van der Waals surface area contributed by atoms with Gasteiger partial charge in [-0.15, -0.1) is 0 Å². The van der Waals surface area contributed by atoms with Gasteiger partial charge in [0.05, 0.1) is 10.6 Å². The third kappa shape index (κ3) is 5.24. The van der Waals surface area contributed by atoms with Crippen LogP contribution in [-0.2, 0) is 24.3 Å². The third-order valence-corrected chi connectivity index (χ3v) is 7.04. The molecule has 1 atom stereocenters. The highest BCUT2D eigenvalue weighted by atomic mass is 79.9. The minimum atomic E-state index is -3.88. The number of benzene rings is 2. The summed E-state index contributed by atoms with van der Waals surface area (Å²) < 4.78 is 46.4. The number of piperidine rings is 1. The summed E-state index contributed by atoms with van der Waals surface area (Å²) in [5.74, 6) is -2.17. The molecule has 2 aromatic carbocycles. The molecule has 0 bridgehead atoms. The molecule has 0 aromatic heterocycles. The number of anilines is 1. The Balaban J connectivity index is 1.65. The van der Waals surface area contributed by atoms with Gasteiger partial charge in [0.15, 0.2) is 6.61 Å². The molecule has 1 aliphatic rings. The number of nitrogens with zero attached hydrogens (tertiary/aromatic N) is 1. The van der Waals surface area contributed by atoms with E-state index in [0.29, 0.717) is 23.7 Å². The molecular formula is C20H20BrFN2O5S. The average molecular weight is 499 g/mol. The van der Waals surface area contributed by atoms with E-state index in [1.807, 2.05) is 0 Å². The van der Waals surface area contributed by atoms with Crippen LogP contribution in [0.4, 0.5) is 10.1 Å². The number of ether oxygens (including phenoxy) is 1. The van der Waals surface area contributed by atoms with Gasteiger partial charge in [-0.2, -0.15) is 4.31 Å². The number of hydrogen-bond acceptors (Lipinski definition) is 5. The van der Waals surface area contributed by atoms with Gasteiger partial charge in [-0.05, 0) is 49.6 Å². The summed E-state index contributed by atoms with van der Waals surface area (Å²) in [4.78, 5) is 24.7. The third-order valence-electron chi connectivity index (χ3n) is 4.63. The van der Waals surface area contributed by atoms with E-state index >= 15 is 0 Å². The zero-order valence-corrected chi connectivity index (χ0v) is 18.3. The van der Waals surface area contributed by atoms with Gasteiger partial charge in [-0.1, -0.05) is 34.1 Å². The Labute approximate surface area is 182 Å². The van der Waals surface area contributed by atoms with Gasteiger partial charge >= 0.3 is 5.97 Å². The van der Waals surface area contributed by atoms with Crippen LogP contribution in [0.1, 0.15) is 19.3 Å². The summed E-state index contributed by atoms with van der Waals surface area (Å²) in [6.07, 6.45) is 1.59. The molecule has 1 heterocycles. The number of nitrogens with one attached hydrogen (secondary N) is 1. The Morgan fingerprint density at radius 3 is 2.60 bits per heavy atom. The van der Waals surface area contributed by atoms with E-state index in [1.54, 1.807) is 24.3 Å². The quantitative estimate of drug-likeness (QED) is 0.616. The second-order valence-corrected chi connectivity index (χ2v) is 9.53. The van der Waals surface area contributed by atoms with Crippen molar-refractivity contribution in [3.8, 4) is 0 Å². The van der Waals surface area contributed by atoms with Crippen molar-refractivity contribution in [2.75, 3.05) is 18.5 Å². The number of amides is 1. The molecule has 7 nitrogen and oxygen atoms in total. The Morgan fingerprint density at radius 2 is 1.90 bits per heavy atom. The largest absolute Gasteiger partial charge is 0.454 e. The number of carbonyl (C=O) groups is 2. The lowest BCUT2D eigenvalue weighted by molar-refractivity contribution is -0.152. The second kappa shape index (κ2) is 9.67. The number of hydrogen-bond donors (Lipinski definition) is 1. The zero-order chi connectivity index (χ0) is 21.7. The first-order valence-electron chi connectivity index (χ1n) is 9.27. The fourth-order valence-electron chi connectivity index (χ4n) is 3.17. The Bertz CT molecular complexity index is 1030. The standard InChI is InChI=1S/C20H20BrFN2O5S/c21-14-9-10-17(16(22)12-14)23-19(25)13-29-20(26)18-8-4-5-11-24(18)30(27,28)15-6-2-1-3-7-15/h1-3,6-7,9-10,12,18H,4-5,8,11,13H2,(H,23,25). The first-order valence-corrected chi connectivity index (χ1v) is 11.5. The molecule has 1 saturated heterocycles. The van der Waals surface area contributed by atoms with Crippen LogP contribution in [-0.4, -0.2) is 43.8 Å². The minimum absolute atomic E-state index is 0.0507. The first kappa shape index (κ1) is 22.4. The Hall–Kier alpha value is -2.30. The SMILES string of the molecule is O=C(COC(=O)C1CCCCN1S(=O)(=O)c1ccccc1)Nc1ccc(Br)cc1F. The van der Waals surface area contributed by atoms with Gasteiger partial charge in [0.25, 0.3) is 5.91 Å². The van der Waals surface area contributed by atoms with Gasteiger partial charge in [-0.3, -0.25) is 9.59 Å². The molecule has 30 heavy (non-hydrogen) atoms. The topological polar surface area (TPSA) is 92.8 Å². The molecule has 1 amide bonds. The number of rotatable bonds is 6. The molecule has 1 aliphatic heterocycles. The van der Waals surface area contributed by atoms with Crippen molar-refractivity contribution in [1.82, 2.24) is 4.31 Å². The molecule has 0 radical (unpaired) electrons. The fourth-order valence-corrected chi connectivity index (χ4v) is 5.17. The second-order valence-electron chi connectivity index (χ2n) is 6.72. The predicted molar refractivity (Wildman–Crippen MR) is 112 cm³/mol. The lowest BCUT2D eigenvalue weighted by Crippen LogP contribution is -2.48. The number of carbonyl (C=O) groups excluding carboxylic acids is 2. The molecular weight excluding hydrogens is 479 g/mol. The van der Waals surface area contributed by atoms with E-state index in [2.05, 4.69) is 21.2 Å². The molecule has 0 saturated carbocycles. The summed E-state index contributed by atoms with van der Waals surface area (Å²) >= 11 is 3.12. The van der Waals surface area contributed by atoms with E-state index in [0.717, 1.165) is 4.31 Å². The van der Waals surface area contributed by atoms with Gasteiger partial charge < -0.3 is 10.1 Å². The zero-order valence-electron chi connectivity index (χ0n) is 15.9. The van der Waals surface area contributed by atoms with Gasteiger partial charge in [0.1, 0.15) is 11.9 Å². The minimum Gasteiger partial charge on any atom is -0.454 e. The molecule has 160 valence electrons. The smallest absolute Gasteiger partial charge is 0.324 e. The lowest BCUT2D eigenvalue weighted by atomic mass is 10.1. The fraction of sp³-hybridized carbons (Fsp3) is 0.300. The van der Waals surface area contributed by atoms with Crippen LogP contribution in [0, 0.1) is 5.82 Å². The normalized spacial score (nSPS) is 17.3. The van der Waals surface area contributed by atoms with Crippen LogP contribution in [0.5, 0.6) is 0 Å². The Kier molecular flexibility index (Phi) is 7.22. The van der Waals surface area contributed by atoms with Crippen molar-refractivity contribution < 1.29 is 27.1 Å². The van der Waals surface area contributed by atoms with E-state index in [1.165, 1.54) is 24.3 Å². The summed E-state index contributed by atoms with van der Waals surface area (Å²) in [5.41, 5.74) is -0.0507. The Morgan fingerprint density at radius 1 is 1.17 bits per heavy atom. The van der Waals surface area contributed by atoms with Gasteiger partial charge in [0, 0.05) is 11.0 Å². The van der Waals surface area contributed by atoms with Crippen LogP contribution < -0.4 is 5.32 Å². The lowest BCUT2D eigenvalue weighted by Gasteiger charge is -2.32. The van der Waals surface area contributed by atoms with Crippen molar-refractivity contribution in [3.63, 3.8) is 0 Å². The van der Waals surface area contributed by atoms with E-state index < -0.39 is 40.4 Å². The number of sulfonamides is 1. The van der Waals surface area contributed by atoms with Crippen LogP contribution in [0.25, 0.3) is 0 Å². The van der Waals surface area contributed by atoms with Crippen molar-refractivity contribution >= 4 is 43.5 Å². The monoisotopic (exact) mass is 498 g/mol. The highest BCUT2D eigenvalue weighted by molar-refractivity contribution is 9.10. The molecule has 1 N–H and O–H groups in total. The number of esters is 1. The van der Waals surface area contributed by atoms with E-state index in [4.69, 9.17) is 4.74 Å². The molecule has 3 rings (SSSR count). The average Bonchev–Trinajstić information content (AvgIpc) is 2.74. The molecule has 0 aliphatic carbocycles.